The monoisotopic (exact) mass is 292 g/mol. The number of ether oxygens (including phenoxy) is 2. The molecule has 0 radical (unpaired) electrons. The summed E-state index contributed by atoms with van der Waals surface area (Å²) in [5.74, 6) is 5.54. The van der Waals surface area contributed by atoms with Gasteiger partial charge in [-0.25, -0.2) is 0 Å². The molecule has 4 saturated carbocycles. The van der Waals surface area contributed by atoms with Gasteiger partial charge in [0.05, 0.1) is 12.0 Å². The van der Waals surface area contributed by atoms with Gasteiger partial charge in [-0.3, -0.25) is 4.79 Å². The predicted molar refractivity (Wildman–Crippen MR) is 79.3 cm³/mol. The fourth-order valence-corrected chi connectivity index (χ4v) is 6.18. The maximum Gasteiger partial charge on any atom is 0.310 e. The molecule has 118 valence electrons. The van der Waals surface area contributed by atoms with Crippen LogP contribution in [0.25, 0.3) is 0 Å². The standard InChI is InChI=1S/C18H28O3/c1-3-10(2)18(19)21-9-20-15-8-13-7-14(15)17-12-5-4-11(6-12)16(13)17/h10-17H,3-9H2,1-2H3. The first-order valence-electron chi connectivity index (χ1n) is 8.97. The van der Waals surface area contributed by atoms with Crippen LogP contribution in [0, 0.1) is 41.4 Å². The number of carbonyl (C=O) groups is 1. The summed E-state index contributed by atoms with van der Waals surface area (Å²) in [6, 6.07) is 0. The molecule has 8 atom stereocenters. The molecule has 0 aromatic carbocycles. The first-order valence-corrected chi connectivity index (χ1v) is 8.97. The van der Waals surface area contributed by atoms with Gasteiger partial charge < -0.3 is 9.47 Å². The van der Waals surface area contributed by atoms with E-state index in [2.05, 4.69) is 0 Å². The van der Waals surface area contributed by atoms with E-state index in [-0.39, 0.29) is 18.7 Å². The highest BCUT2D eigenvalue weighted by molar-refractivity contribution is 5.71. The van der Waals surface area contributed by atoms with Crippen LogP contribution in [0.15, 0.2) is 0 Å². The molecule has 8 unspecified atom stereocenters. The van der Waals surface area contributed by atoms with E-state index < -0.39 is 0 Å². The zero-order valence-corrected chi connectivity index (χ0v) is 13.3. The van der Waals surface area contributed by atoms with Gasteiger partial charge in [0, 0.05) is 0 Å². The third kappa shape index (κ3) is 2.15. The lowest BCUT2D eigenvalue weighted by Crippen LogP contribution is -2.37. The Morgan fingerprint density at radius 1 is 1.10 bits per heavy atom. The lowest BCUT2D eigenvalue weighted by atomic mass is 9.70. The van der Waals surface area contributed by atoms with Crippen molar-refractivity contribution >= 4 is 5.97 Å². The summed E-state index contributed by atoms with van der Waals surface area (Å²) in [6.45, 7) is 4.10. The smallest absolute Gasteiger partial charge is 0.310 e. The van der Waals surface area contributed by atoms with Gasteiger partial charge in [0.25, 0.3) is 0 Å². The van der Waals surface area contributed by atoms with E-state index in [4.69, 9.17) is 9.47 Å². The topological polar surface area (TPSA) is 35.5 Å². The van der Waals surface area contributed by atoms with Crippen molar-refractivity contribution in [2.24, 2.45) is 41.4 Å². The molecule has 3 nitrogen and oxygen atoms in total. The van der Waals surface area contributed by atoms with Gasteiger partial charge >= 0.3 is 5.97 Å². The molecule has 4 bridgehead atoms. The molecule has 4 aliphatic carbocycles. The quantitative estimate of drug-likeness (QED) is 0.441. The predicted octanol–water partition coefficient (Wildman–Crippen LogP) is 3.62. The van der Waals surface area contributed by atoms with E-state index >= 15 is 0 Å². The SMILES string of the molecule is CCC(C)C(=O)OCOC1CC2CC1C1C3CCC(C3)C21. The zero-order chi connectivity index (χ0) is 14.6. The summed E-state index contributed by atoms with van der Waals surface area (Å²) in [6.07, 6.45) is 8.25. The van der Waals surface area contributed by atoms with Crippen molar-refractivity contribution in [2.75, 3.05) is 6.79 Å². The van der Waals surface area contributed by atoms with Gasteiger partial charge in [0.1, 0.15) is 0 Å². The minimum Gasteiger partial charge on any atom is -0.438 e. The number of rotatable bonds is 5. The molecule has 0 aromatic rings. The van der Waals surface area contributed by atoms with E-state index in [1.807, 2.05) is 13.8 Å². The summed E-state index contributed by atoms with van der Waals surface area (Å²) in [5.41, 5.74) is 0. The molecule has 4 aliphatic rings. The molecule has 0 saturated heterocycles. The Morgan fingerprint density at radius 2 is 1.86 bits per heavy atom. The summed E-state index contributed by atoms with van der Waals surface area (Å²) in [4.78, 5) is 11.7. The van der Waals surface area contributed by atoms with Gasteiger partial charge in [-0.2, -0.15) is 0 Å². The lowest BCUT2D eigenvalue weighted by Gasteiger charge is -2.38. The van der Waals surface area contributed by atoms with Crippen LogP contribution in [-0.2, 0) is 14.3 Å². The summed E-state index contributed by atoms with van der Waals surface area (Å²) < 4.78 is 11.3. The number of hydrogen-bond donors (Lipinski definition) is 0. The van der Waals surface area contributed by atoms with E-state index in [1.165, 1.54) is 32.1 Å². The number of hydrogen-bond acceptors (Lipinski definition) is 3. The van der Waals surface area contributed by atoms with Crippen LogP contribution in [0.3, 0.4) is 0 Å². The van der Waals surface area contributed by atoms with Gasteiger partial charge in [0.2, 0.25) is 0 Å². The van der Waals surface area contributed by atoms with Crippen molar-refractivity contribution in [3.8, 4) is 0 Å². The lowest BCUT2D eigenvalue weighted by molar-refractivity contribution is -0.169. The molecule has 0 N–H and O–H groups in total. The Morgan fingerprint density at radius 3 is 2.62 bits per heavy atom. The van der Waals surface area contributed by atoms with Crippen LogP contribution in [0.2, 0.25) is 0 Å². The molecule has 4 rings (SSSR count). The molecule has 21 heavy (non-hydrogen) atoms. The second-order valence-corrected chi connectivity index (χ2v) is 7.98. The summed E-state index contributed by atoms with van der Waals surface area (Å²) in [7, 11) is 0. The average Bonchev–Trinajstić information content (AvgIpc) is 3.23. The van der Waals surface area contributed by atoms with Gasteiger partial charge in [-0.15, -0.1) is 0 Å². The Bertz CT molecular complexity index is 421. The molecule has 0 heterocycles. The zero-order valence-electron chi connectivity index (χ0n) is 13.3. The normalized spacial score (nSPS) is 47.6. The van der Waals surface area contributed by atoms with Crippen LogP contribution >= 0.6 is 0 Å². The van der Waals surface area contributed by atoms with Gasteiger partial charge in [-0.1, -0.05) is 13.8 Å². The molecule has 3 heteroatoms. The Balaban J connectivity index is 1.30. The van der Waals surface area contributed by atoms with Crippen molar-refractivity contribution in [3.63, 3.8) is 0 Å². The molecule has 0 spiro atoms. The van der Waals surface area contributed by atoms with Crippen LogP contribution in [0.1, 0.15) is 52.4 Å². The summed E-state index contributed by atoms with van der Waals surface area (Å²) in [5, 5.41) is 0. The second kappa shape index (κ2) is 5.26. The fourth-order valence-electron chi connectivity index (χ4n) is 6.18. The van der Waals surface area contributed by atoms with E-state index in [9.17, 15) is 4.79 Å². The maximum atomic E-state index is 11.7. The van der Waals surface area contributed by atoms with Crippen molar-refractivity contribution in [2.45, 2.75) is 58.5 Å². The highest BCUT2D eigenvalue weighted by Gasteiger charge is 2.62. The van der Waals surface area contributed by atoms with Crippen molar-refractivity contribution in [1.29, 1.82) is 0 Å². The van der Waals surface area contributed by atoms with Crippen LogP contribution in [0.5, 0.6) is 0 Å². The first kappa shape index (κ1) is 14.0. The van der Waals surface area contributed by atoms with Gasteiger partial charge in [-0.05, 0) is 74.0 Å². The number of carbonyl (C=O) groups excluding carboxylic acids is 1. The molecule has 0 amide bonds. The van der Waals surface area contributed by atoms with E-state index in [0.717, 1.165) is 41.9 Å². The molecular formula is C18H28O3. The highest BCUT2D eigenvalue weighted by atomic mass is 16.7. The van der Waals surface area contributed by atoms with Crippen molar-refractivity contribution in [3.05, 3.63) is 0 Å². The van der Waals surface area contributed by atoms with Crippen molar-refractivity contribution < 1.29 is 14.3 Å². The largest absolute Gasteiger partial charge is 0.438 e. The van der Waals surface area contributed by atoms with Crippen LogP contribution in [-0.4, -0.2) is 18.9 Å². The average molecular weight is 292 g/mol. The van der Waals surface area contributed by atoms with Crippen LogP contribution in [0.4, 0.5) is 0 Å². The minimum atomic E-state index is -0.113. The minimum absolute atomic E-state index is 0.0106. The summed E-state index contributed by atoms with van der Waals surface area (Å²) >= 11 is 0. The Kier molecular flexibility index (Phi) is 3.52. The number of fused-ring (bicyclic) bond motifs is 9. The van der Waals surface area contributed by atoms with E-state index in [1.54, 1.807) is 0 Å². The fraction of sp³-hybridized carbons (Fsp3) is 0.944. The molecule has 0 aliphatic heterocycles. The van der Waals surface area contributed by atoms with Crippen molar-refractivity contribution in [1.82, 2.24) is 0 Å². The first-order chi connectivity index (χ1) is 10.2. The van der Waals surface area contributed by atoms with E-state index in [0.29, 0.717) is 6.10 Å². The van der Waals surface area contributed by atoms with Crippen LogP contribution < -0.4 is 0 Å². The number of esters is 1. The molecule has 0 aromatic heterocycles. The Labute approximate surface area is 127 Å². The highest BCUT2D eigenvalue weighted by Crippen LogP contribution is 2.67. The Hall–Kier alpha value is -0.570. The maximum absolute atomic E-state index is 11.7. The second-order valence-electron chi connectivity index (χ2n) is 7.98. The molecular weight excluding hydrogens is 264 g/mol. The third-order valence-electron chi connectivity index (χ3n) is 7.17. The third-order valence-corrected chi connectivity index (χ3v) is 7.17. The molecule has 4 fully saturated rings. The van der Waals surface area contributed by atoms with Gasteiger partial charge in [0.15, 0.2) is 6.79 Å².